The van der Waals surface area contributed by atoms with Crippen LogP contribution in [0.15, 0.2) is 36.7 Å². The van der Waals surface area contributed by atoms with Gasteiger partial charge in [-0.2, -0.15) is 0 Å². The van der Waals surface area contributed by atoms with E-state index in [1.807, 2.05) is 31.2 Å². The van der Waals surface area contributed by atoms with Crippen molar-refractivity contribution in [3.63, 3.8) is 0 Å². The predicted molar refractivity (Wildman–Crippen MR) is 75.6 cm³/mol. The molecule has 0 amide bonds. The molecule has 0 aliphatic carbocycles. The Morgan fingerprint density at radius 1 is 1.26 bits per heavy atom. The lowest BCUT2D eigenvalue weighted by molar-refractivity contribution is 0.383. The molecular formula is C14H16ClN3O. The third kappa shape index (κ3) is 3.03. The van der Waals surface area contributed by atoms with Crippen molar-refractivity contribution in [2.24, 2.45) is 0 Å². The van der Waals surface area contributed by atoms with Crippen molar-refractivity contribution in [3.8, 4) is 5.88 Å². The number of halogens is 1. The lowest BCUT2D eigenvalue weighted by Crippen LogP contribution is -2.24. The van der Waals surface area contributed by atoms with E-state index in [4.69, 9.17) is 16.3 Å². The third-order valence-electron chi connectivity index (χ3n) is 2.78. The standard InChI is InChI=1S/C14H16ClN3O/c1-3-16-12(10-6-4-5-7-11(10)15)13-14(19-2)18-9-8-17-13/h4-9,12,16H,3H2,1-2H3. The molecule has 0 aliphatic rings. The van der Waals surface area contributed by atoms with Gasteiger partial charge in [0.2, 0.25) is 5.88 Å². The minimum atomic E-state index is -0.137. The Morgan fingerprint density at radius 3 is 2.68 bits per heavy atom. The molecule has 2 rings (SSSR count). The average molecular weight is 278 g/mol. The monoisotopic (exact) mass is 277 g/mol. The number of ether oxygens (including phenoxy) is 1. The van der Waals surface area contributed by atoms with Crippen LogP contribution in [0.1, 0.15) is 24.2 Å². The van der Waals surface area contributed by atoms with Gasteiger partial charge in [0.25, 0.3) is 0 Å². The van der Waals surface area contributed by atoms with Crippen LogP contribution < -0.4 is 10.1 Å². The van der Waals surface area contributed by atoms with Gasteiger partial charge >= 0.3 is 0 Å². The van der Waals surface area contributed by atoms with Crippen molar-refractivity contribution in [2.75, 3.05) is 13.7 Å². The maximum atomic E-state index is 6.27. The molecule has 4 nitrogen and oxygen atoms in total. The zero-order valence-electron chi connectivity index (χ0n) is 10.9. The van der Waals surface area contributed by atoms with Gasteiger partial charge in [0.1, 0.15) is 5.69 Å². The summed E-state index contributed by atoms with van der Waals surface area (Å²) in [5.74, 6) is 0.508. The highest BCUT2D eigenvalue weighted by Gasteiger charge is 2.21. The molecule has 0 fully saturated rings. The first-order valence-electron chi connectivity index (χ1n) is 6.10. The number of hydrogen-bond donors (Lipinski definition) is 1. The summed E-state index contributed by atoms with van der Waals surface area (Å²) < 4.78 is 5.28. The Bertz CT molecular complexity index is 548. The van der Waals surface area contributed by atoms with Gasteiger partial charge in [-0.05, 0) is 18.2 Å². The molecule has 0 aliphatic heterocycles. The van der Waals surface area contributed by atoms with Gasteiger partial charge in [0.15, 0.2) is 0 Å². The number of methoxy groups -OCH3 is 1. The van der Waals surface area contributed by atoms with Gasteiger partial charge in [-0.1, -0.05) is 36.7 Å². The molecule has 1 aromatic carbocycles. The third-order valence-corrected chi connectivity index (χ3v) is 3.13. The van der Waals surface area contributed by atoms with Crippen molar-refractivity contribution in [2.45, 2.75) is 13.0 Å². The molecule has 1 heterocycles. The van der Waals surface area contributed by atoms with Crippen molar-refractivity contribution < 1.29 is 4.74 Å². The summed E-state index contributed by atoms with van der Waals surface area (Å²) in [6.45, 7) is 2.82. The van der Waals surface area contributed by atoms with Crippen molar-refractivity contribution in [1.82, 2.24) is 15.3 Å². The van der Waals surface area contributed by atoms with E-state index < -0.39 is 0 Å². The van der Waals surface area contributed by atoms with Crippen molar-refractivity contribution >= 4 is 11.6 Å². The number of nitrogens with zero attached hydrogens (tertiary/aromatic N) is 2. The molecule has 1 aromatic heterocycles. The molecule has 19 heavy (non-hydrogen) atoms. The molecule has 0 saturated carbocycles. The molecule has 100 valence electrons. The van der Waals surface area contributed by atoms with Crippen LogP contribution in [0.5, 0.6) is 5.88 Å². The van der Waals surface area contributed by atoms with Crippen LogP contribution in [0.4, 0.5) is 0 Å². The maximum Gasteiger partial charge on any atom is 0.237 e. The molecule has 0 spiro atoms. The second-order valence-corrected chi connectivity index (χ2v) is 4.37. The molecule has 1 atom stereocenters. The summed E-state index contributed by atoms with van der Waals surface area (Å²) in [6.07, 6.45) is 3.26. The van der Waals surface area contributed by atoms with Crippen LogP contribution in [0.25, 0.3) is 0 Å². The molecule has 5 heteroatoms. The molecule has 1 unspecified atom stereocenters. The van der Waals surface area contributed by atoms with Crippen LogP contribution in [-0.4, -0.2) is 23.6 Å². The van der Waals surface area contributed by atoms with Crippen LogP contribution >= 0.6 is 11.6 Å². The summed E-state index contributed by atoms with van der Waals surface area (Å²) in [5.41, 5.74) is 1.70. The Morgan fingerprint density at radius 2 is 2.00 bits per heavy atom. The van der Waals surface area contributed by atoms with Gasteiger partial charge in [-0.25, -0.2) is 4.98 Å². The zero-order chi connectivity index (χ0) is 13.7. The van der Waals surface area contributed by atoms with Gasteiger partial charge in [-0.3, -0.25) is 4.98 Å². The maximum absolute atomic E-state index is 6.27. The summed E-state index contributed by atoms with van der Waals surface area (Å²) in [7, 11) is 1.59. The lowest BCUT2D eigenvalue weighted by Gasteiger charge is -2.20. The first-order chi connectivity index (χ1) is 9.27. The first kappa shape index (κ1) is 13.8. The largest absolute Gasteiger partial charge is 0.480 e. The fourth-order valence-electron chi connectivity index (χ4n) is 1.96. The summed E-state index contributed by atoms with van der Waals surface area (Å²) in [4.78, 5) is 8.57. The van der Waals surface area contributed by atoms with E-state index in [-0.39, 0.29) is 6.04 Å². The second-order valence-electron chi connectivity index (χ2n) is 3.96. The fourth-order valence-corrected chi connectivity index (χ4v) is 2.20. The van der Waals surface area contributed by atoms with Gasteiger partial charge in [0, 0.05) is 17.4 Å². The lowest BCUT2D eigenvalue weighted by atomic mass is 10.0. The van der Waals surface area contributed by atoms with Crippen LogP contribution in [0.2, 0.25) is 5.02 Å². The van der Waals surface area contributed by atoms with E-state index in [0.29, 0.717) is 10.9 Å². The van der Waals surface area contributed by atoms with Crippen molar-refractivity contribution in [3.05, 3.63) is 52.9 Å². The Kier molecular flexibility index (Phi) is 4.71. The molecular weight excluding hydrogens is 262 g/mol. The van der Waals surface area contributed by atoms with Crippen LogP contribution in [0.3, 0.4) is 0 Å². The van der Waals surface area contributed by atoms with Gasteiger partial charge in [0.05, 0.1) is 13.2 Å². The normalized spacial score (nSPS) is 12.2. The Balaban J connectivity index is 2.49. The minimum absolute atomic E-state index is 0.137. The highest BCUT2D eigenvalue weighted by molar-refractivity contribution is 6.31. The number of rotatable bonds is 5. The fraction of sp³-hybridized carbons (Fsp3) is 0.286. The Labute approximate surface area is 117 Å². The van der Waals surface area contributed by atoms with Crippen LogP contribution in [0, 0.1) is 0 Å². The van der Waals surface area contributed by atoms with E-state index in [0.717, 1.165) is 17.8 Å². The first-order valence-corrected chi connectivity index (χ1v) is 6.48. The smallest absolute Gasteiger partial charge is 0.237 e. The number of nitrogens with one attached hydrogen (secondary N) is 1. The predicted octanol–water partition coefficient (Wildman–Crippen LogP) is 2.84. The molecule has 0 bridgehead atoms. The molecule has 2 aromatic rings. The van der Waals surface area contributed by atoms with E-state index >= 15 is 0 Å². The topological polar surface area (TPSA) is 47.0 Å². The SMILES string of the molecule is CCNC(c1ccccc1Cl)c1nccnc1OC. The summed E-state index contributed by atoms with van der Waals surface area (Å²) in [6, 6.07) is 7.56. The van der Waals surface area contributed by atoms with E-state index in [1.165, 1.54) is 0 Å². The zero-order valence-corrected chi connectivity index (χ0v) is 11.7. The minimum Gasteiger partial charge on any atom is -0.480 e. The highest BCUT2D eigenvalue weighted by atomic mass is 35.5. The summed E-state index contributed by atoms with van der Waals surface area (Å²) >= 11 is 6.27. The number of aromatic nitrogens is 2. The molecule has 0 saturated heterocycles. The van der Waals surface area contributed by atoms with Gasteiger partial charge in [-0.15, -0.1) is 0 Å². The van der Waals surface area contributed by atoms with Crippen LogP contribution in [-0.2, 0) is 0 Å². The van der Waals surface area contributed by atoms with E-state index in [2.05, 4.69) is 15.3 Å². The number of hydrogen-bond acceptors (Lipinski definition) is 4. The van der Waals surface area contributed by atoms with Crippen molar-refractivity contribution in [1.29, 1.82) is 0 Å². The quantitative estimate of drug-likeness (QED) is 0.913. The van der Waals surface area contributed by atoms with E-state index in [9.17, 15) is 0 Å². The number of benzene rings is 1. The molecule has 1 N–H and O–H groups in total. The van der Waals surface area contributed by atoms with Gasteiger partial charge < -0.3 is 10.1 Å². The second kappa shape index (κ2) is 6.50. The summed E-state index contributed by atoms with van der Waals surface area (Å²) in [5, 5.41) is 4.06. The molecule has 0 radical (unpaired) electrons. The Hall–Kier alpha value is -1.65. The highest BCUT2D eigenvalue weighted by Crippen LogP contribution is 2.30. The average Bonchev–Trinajstić information content (AvgIpc) is 2.46. The van der Waals surface area contributed by atoms with E-state index in [1.54, 1.807) is 19.5 Å².